The third-order valence-corrected chi connectivity index (χ3v) is 2.88. The van der Waals surface area contributed by atoms with Crippen molar-refractivity contribution in [2.75, 3.05) is 0 Å². The molecule has 5 nitrogen and oxygen atoms in total. The fraction of sp³-hybridized carbons (Fsp3) is 0.0667. The molecule has 0 aliphatic heterocycles. The molecule has 0 aliphatic rings. The second-order valence-electron chi connectivity index (χ2n) is 4.41. The van der Waals surface area contributed by atoms with Gasteiger partial charge in [0.2, 0.25) is 0 Å². The van der Waals surface area contributed by atoms with E-state index in [0.29, 0.717) is 18.1 Å². The van der Waals surface area contributed by atoms with Gasteiger partial charge in [-0.05, 0) is 42.0 Å². The molecule has 100 valence electrons. The van der Waals surface area contributed by atoms with Gasteiger partial charge in [0.25, 0.3) is 5.89 Å². The summed E-state index contributed by atoms with van der Waals surface area (Å²) in [6, 6.07) is 13.4. The van der Waals surface area contributed by atoms with Crippen molar-refractivity contribution in [3.8, 4) is 23.0 Å². The maximum atomic E-state index is 9.24. The molecule has 0 aliphatic carbocycles. The molecule has 0 radical (unpaired) electrons. The van der Waals surface area contributed by atoms with Crippen LogP contribution in [0.3, 0.4) is 0 Å². The minimum atomic E-state index is 0.192. The molecule has 0 amide bonds. The Balaban J connectivity index is 1.80. The van der Waals surface area contributed by atoms with E-state index in [0.717, 1.165) is 11.1 Å². The second-order valence-corrected chi connectivity index (χ2v) is 4.41. The molecule has 0 unspecified atom stereocenters. The predicted octanol–water partition coefficient (Wildman–Crippen LogP) is 2.74. The lowest BCUT2D eigenvalue weighted by Crippen LogP contribution is -1.90. The zero-order valence-electron chi connectivity index (χ0n) is 10.5. The molecule has 2 N–H and O–H groups in total. The molecule has 20 heavy (non-hydrogen) atoms. The minimum Gasteiger partial charge on any atom is -0.508 e. The van der Waals surface area contributed by atoms with Crippen molar-refractivity contribution in [1.82, 2.24) is 10.1 Å². The first-order valence-electron chi connectivity index (χ1n) is 6.10. The first-order chi connectivity index (χ1) is 9.70. The highest BCUT2D eigenvalue weighted by Gasteiger charge is 2.09. The van der Waals surface area contributed by atoms with E-state index in [4.69, 9.17) is 4.52 Å². The van der Waals surface area contributed by atoms with Crippen molar-refractivity contribution in [2.24, 2.45) is 0 Å². The van der Waals surface area contributed by atoms with Gasteiger partial charge in [0, 0.05) is 12.0 Å². The minimum absolute atomic E-state index is 0.192. The van der Waals surface area contributed by atoms with Gasteiger partial charge in [0.15, 0.2) is 5.82 Å². The summed E-state index contributed by atoms with van der Waals surface area (Å²) in [6.07, 6.45) is 0.530. The smallest absolute Gasteiger partial charge is 0.257 e. The Morgan fingerprint density at radius 2 is 1.45 bits per heavy atom. The topological polar surface area (TPSA) is 79.4 Å². The van der Waals surface area contributed by atoms with E-state index in [-0.39, 0.29) is 11.5 Å². The van der Waals surface area contributed by atoms with Gasteiger partial charge in [-0.2, -0.15) is 4.98 Å². The second kappa shape index (κ2) is 5.05. The highest BCUT2D eigenvalue weighted by atomic mass is 16.5. The van der Waals surface area contributed by atoms with Crippen molar-refractivity contribution in [1.29, 1.82) is 0 Å². The summed E-state index contributed by atoms with van der Waals surface area (Å²) in [4.78, 5) is 4.31. The van der Waals surface area contributed by atoms with Gasteiger partial charge in [-0.1, -0.05) is 17.3 Å². The highest BCUT2D eigenvalue weighted by molar-refractivity contribution is 5.54. The van der Waals surface area contributed by atoms with Gasteiger partial charge < -0.3 is 14.7 Å². The number of aromatic nitrogens is 2. The van der Waals surface area contributed by atoms with E-state index < -0.39 is 0 Å². The Kier molecular flexibility index (Phi) is 3.09. The Labute approximate surface area is 115 Å². The third-order valence-electron chi connectivity index (χ3n) is 2.88. The van der Waals surface area contributed by atoms with Crippen LogP contribution in [-0.4, -0.2) is 20.4 Å². The molecule has 0 atom stereocenters. The van der Waals surface area contributed by atoms with Crippen molar-refractivity contribution >= 4 is 0 Å². The maximum absolute atomic E-state index is 9.24. The van der Waals surface area contributed by atoms with Crippen molar-refractivity contribution in [2.45, 2.75) is 6.42 Å². The van der Waals surface area contributed by atoms with Crippen molar-refractivity contribution in [3.63, 3.8) is 0 Å². The Hall–Kier alpha value is -2.82. The highest BCUT2D eigenvalue weighted by Crippen LogP contribution is 2.21. The largest absolute Gasteiger partial charge is 0.508 e. The Morgan fingerprint density at radius 1 is 0.850 bits per heavy atom. The number of benzene rings is 2. The molecule has 5 heteroatoms. The van der Waals surface area contributed by atoms with Crippen LogP contribution >= 0.6 is 0 Å². The van der Waals surface area contributed by atoms with E-state index in [2.05, 4.69) is 10.1 Å². The van der Waals surface area contributed by atoms with Crippen LogP contribution in [0, 0.1) is 0 Å². The molecule has 1 heterocycles. The van der Waals surface area contributed by atoms with Crippen LogP contribution in [0.25, 0.3) is 11.5 Å². The van der Waals surface area contributed by atoms with Gasteiger partial charge in [0.1, 0.15) is 11.5 Å². The lowest BCUT2D eigenvalue weighted by Gasteiger charge is -1.96. The fourth-order valence-corrected chi connectivity index (χ4v) is 1.84. The average molecular weight is 268 g/mol. The zero-order valence-corrected chi connectivity index (χ0v) is 10.5. The summed E-state index contributed by atoms with van der Waals surface area (Å²) >= 11 is 0. The SMILES string of the molecule is Oc1ccc(Cc2noc(-c3ccc(O)cc3)n2)cc1. The first-order valence-corrected chi connectivity index (χ1v) is 6.10. The number of hydrogen-bond acceptors (Lipinski definition) is 5. The van der Waals surface area contributed by atoms with E-state index in [1.807, 2.05) is 12.1 Å². The van der Waals surface area contributed by atoms with Crippen LogP contribution < -0.4 is 0 Å². The van der Waals surface area contributed by atoms with Crippen LogP contribution in [0.4, 0.5) is 0 Å². The van der Waals surface area contributed by atoms with Crippen LogP contribution in [0.5, 0.6) is 11.5 Å². The molecule has 3 rings (SSSR count). The molecule has 0 spiro atoms. The summed E-state index contributed by atoms with van der Waals surface area (Å²) < 4.78 is 5.19. The predicted molar refractivity (Wildman–Crippen MR) is 72.3 cm³/mol. The van der Waals surface area contributed by atoms with Crippen LogP contribution in [0.15, 0.2) is 53.1 Å². The number of phenols is 2. The van der Waals surface area contributed by atoms with Gasteiger partial charge in [-0.15, -0.1) is 0 Å². The summed E-state index contributed by atoms with van der Waals surface area (Å²) in [7, 11) is 0. The lowest BCUT2D eigenvalue weighted by molar-refractivity contribution is 0.423. The van der Waals surface area contributed by atoms with Gasteiger partial charge >= 0.3 is 0 Å². The van der Waals surface area contributed by atoms with E-state index in [1.165, 1.54) is 0 Å². The Bertz CT molecular complexity index is 703. The number of hydrogen-bond donors (Lipinski definition) is 2. The first kappa shape index (κ1) is 12.2. The molecule has 1 aromatic heterocycles. The molecule has 2 aromatic carbocycles. The quantitative estimate of drug-likeness (QED) is 0.763. The van der Waals surface area contributed by atoms with Crippen LogP contribution in [0.1, 0.15) is 11.4 Å². The molecule has 3 aromatic rings. The number of phenolic OH excluding ortho intramolecular Hbond substituents is 2. The number of rotatable bonds is 3. The standard InChI is InChI=1S/C15H12N2O3/c18-12-5-1-10(2-6-12)9-14-16-15(20-17-14)11-3-7-13(19)8-4-11/h1-8,18-19H,9H2. The normalized spacial score (nSPS) is 10.6. The van der Waals surface area contributed by atoms with E-state index >= 15 is 0 Å². The summed E-state index contributed by atoms with van der Waals surface area (Å²) in [6.45, 7) is 0. The van der Waals surface area contributed by atoms with Gasteiger partial charge in [-0.25, -0.2) is 0 Å². The Morgan fingerprint density at radius 3 is 2.10 bits per heavy atom. The maximum Gasteiger partial charge on any atom is 0.257 e. The van der Waals surface area contributed by atoms with Crippen LogP contribution in [-0.2, 0) is 6.42 Å². The van der Waals surface area contributed by atoms with E-state index in [9.17, 15) is 10.2 Å². The molecular weight excluding hydrogens is 256 g/mol. The average Bonchev–Trinajstić information content (AvgIpc) is 2.91. The summed E-state index contributed by atoms with van der Waals surface area (Å²) in [5.74, 6) is 1.40. The van der Waals surface area contributed by atoms with E-state index in [1.54, 1.807) is 36.4 Å². The summed E-state index contributed by atoms with van der Waals surface area (Å²) in [5.41, 5.74) is 1.74. The fourth-order valence-electron chi connectivity index (χ4n) is 1.84. The monoisotopic (exact) mass is 268 g/mol. The molecule has 0 saturated carbocycles. The van der Waals surface area contributed by atoms with Gasteiger partial charge in [0.05, 0.1) is 0 Å². The lowest BCUT2D eigenvalue weighted by atomic mass is 10.1. The molecule has 0 bridgehead atoms. The van der Waals surface area contributed by atoms with Gasteiger partial charge in [-0.3, -0.25) is 0 Å². The third kappa shape index (κ3) is 2.61. The van der Waals surface area contributed by atoms with Crippen molar-refractivity contribution in [3.05, 3.63) is 59.9 Å². The van der Waals surface area contributed by atoms with Crippen LogP contribution in [0.2, 0.25) is 0 Å². The summed E-state index contributed by atoms with van der Waals surface area (Å²) in [5, 5.41) is 22.4. The zero-order chi connectivity index (χ0) is 13.9. The number of aromatic hydroxyl groups is 2. The number of nitrogens with zero attached hydrogens (tertiary/aromatic N) is 2. The molecular formula is C15H12N2O3. The molecule has 0 saturated heterocycles. The molecule has 0 fully saturated rings. The van der Waals surface area contributed by atoms with Crippen molar-refractivity contribution < 1.29 is 14.7 Å².